The van der Waals surface area contributed by atoms with Crippen molar-refractivity contribution in [2.24, 2.45) is 0 Å². The zero-order valence-corrected chi connectivity index (χ0v) is 10.7. The number of benzene rings is 1. The highest BCUT2D eigenvalue weighted by molar-refractivity contribution is 8.18. The lowest BCUT2D eigenvalue weighted by Crippen LogP contribution is -2.33. The van der Waals surface area contributed by atoms with E-state index in [1.807, 2.05) is 30.3 Å². The number of amides is 2. The van der Waals surface area contributed by atoms with Crippen molar-refractivity contribution in [3.05, 3.63) is 40.8 Å². The van der Waals surface area contributed by atoms with E-state index in [2.05, 4.69) is 0 Å². The summed E-state index contributed by atoms with van der Waals surface area (Å²) in [7, 11) is 0. The van der Waals surface area contributed by atoms with Crippen molar-refractivity contribution in [3.63, 3.8) is 0 Å². The van der Waals surface area contributed by atoms with E-state index in [1.54, 1.807) is 6.08 Å². The van der Waals surface area contributed by atoms with Crippen LogP contribution < -0.4 is 5.11 Å². The van der Waals surface area contributed by atoms with Crippen molar-refractivity contribution in [2.75, 3.05) is 6.54 Å². The summed E-state index contributed by atoms with van der Waals surface area (Å²) in [6.45, 7) is -0.154. The van der Waals surface area contributed by atoms with Crippen LogP contribution in [0.1, 0.15) is 12.0 Å². The standard InChI is InChI=1S/C13H11NO4S/c15-11(16)6-7-14-12(17)10(19-13(14)18)8-9-4-2-1-3-5-9/h1-5,8H,6-7H2,(H,15,16)/p-1/b10-8+. The first-order valence-corrected chi connectivity index (χ1v) is 6.40. The second kappa shape index (κ2) is 5.71. The Balaban J connectivity index is 2.14. The number of aliphatic carboxylic acids is 1. The maximum absolute atomic E-state index is 11.9. The van der Waals surface area contributed by atoms with Crippen LogP contribution >= 0.6 is 11.8 Å². The first kappa shape index (κ1) is 13.4. The normalized spacial score (nSPS) is 17.3. The quantitative estimate of drug-likeness (QED) is 0.762. The molecule has 1 aromatic rings. The van der Waals surface area contributed by atoms with Gasteiger partial charge in [0.05, 0.1) is 4.91 Å². The second-order valence-electron chi connectivity index (χ2n) is 3.87. The molecule has 1 aliphatic heterocycles. The summed E-state index contributed by atoms with van der Waals surface area (Å²) < 4.78 is 0. The van der Waals surface area contributed by atoms with Gasteiger partial charge >= 0.3 is 0 Å². The predicted octanol–water partition coefficient (Wildman–Crippen LogP) is 0.863. The molecule has 19 heavy (non-hydrogen) atoms. The summed E-state index contributed by atoms with van der Waals surface area (Å²) in [6.07, 6.45) is 1.26. The Hall–Kier alpha value is -2.08. The van der Waals surface area contributed by atoms with Crippen LogP contribution in [0.15, 0.2) is 35.2 Å². The Bertz CT molecular complexity index is 553. The van der Waals surface area contributed by atoms with Crippen LogP contribution in [0.4, 0.5) is 4.79 Å². The molecule has 6 heteroatoms. The lowest BCUT2D eigenvalue weighted by molar-refractivity contribution is -0.305. The third kappa shape index (κ3) is 3.23. The number of carboxylic acid groups (broad SMARTS) is 1. The Morgan fingerprint density at radius 2 is 1.95 bits per heavy atom. The molecule has 0 saturated carbocycles. The van der Waals surface area contributed by atoms with Gasteiger partial charge in [-0.05, 0) is 23.4 Å². The van der Waals surface area contributed by atoms with Crippen LogP contribution in [0.5, 0.6) is 0 Å². The first-order chi connectivity index (χ1) is 9.08. The minimum atomic E-state index is -1.29. The van der Waals surface area contributed by atoms with Crippen LogP contribution in [0.2, 0.25) is 0 Å². The fraction of sp³-hybridized carbons (Fsp3) is 0.154. The van der Waals surface area contributed by atoms with Gasteiger partial charge in [0.15, 0.2) is 0 Å². The van der Waals surface area contributed by atoms with Gasteiger partial charge in [-0.25, -0.2) is 0 Å². The van der Waals surface area contributed by atoms with Crippen LogP contribution in [-0.2, 0) is 9.59 Å². The molecule has 1 heterocycles. The van der Waals surface area contributed by atoms with Crippen LogP contribution in [0, 0.1) is 0 Å². The van der Waals surface area contributed by atoms with Gasteiger partial charge in [0.2, 0.25) is 0 Å². The van der Waals surface area contributed by atoms with E-state index in [4.69, 9.17) is 0 Å². The van der Waals surface area contributed by atoms with Crippen molar-refractivity contribution >= 4 is 35.0 Å². The van der Waals surface area contributed by atoms with Crippen molar-refractivity contribution < 1.29 is 19.5 Å². The molecular weight excluding hydrogens is 266 g/mol. The maximum Gasteiger partial charge on any atom is 0.293 e. The van der Waals surface area contributed by atoms with Crippen LogP contribution in [-0.4, -0.2) is 28.6 Å². The number of carbonyl (C=O) groups is 3. The van der Waals surface area contributed by atoms with Gasteiger partial charge in [-0.1, -0.05) is 30.3 Å². The molecule has 0 spiro atoms. The minimum Gasteiger partial charge on any atom is -0.550 e. The van der Waals surface area contributed by atoms with E-state index < -0.39 is 17.1 Å². The Labute approximate surface area is 113 Å². The molecule has 1 saturated heterocycles. The molecule has 0 atom stereocenters. The molecule has 1 fully saturated rings. The number of hydrogen-bond donors (Lipinski definition) is 0. The highest BCUT2D eigenvalue weighted by atomic mass is 32.2. The topological polar surface area (TPSA) is 77.5 Å². The molecule has 1 aromatic carbocycles. The van der Waals surface area contributed by atoms with Gasteiger partial charge in [0.1, 0.15) is 0 Å². The Kier molecular flexibility index (Phi) is 4.01. The number of carbonyl (C=O) groups excluding carboxylic acids is 3. The molecule has 0 aromatic heterocycles. The fourth-order valence-corrected chi connectivity index (χ4v) is 2.46. The summed E-state index contributed by atoms with van der Waals surface area (Å²) in [5, 5.41) is 9.91. The lowest BCUT2D eigenvalue weighted by Gasteiger charge is -2.12. The third-order valence-electron chi connectivity index (χ3n) is 2.51. The lowest BCUT2D eigenvalue weighted by atomic mass is 10.2. The molecule has 0 aliphatic carbocycles. The van der Waals surface area contributed by atoms with Gasteiger partial charge < -0.3 is 9.90 Å². The van der Waals surface area contributed by atoms with Gasteiger partial charge in [-0.3, -0.25) is 14.5 Å². The van der Waals surface area contributed by atoms with Crippen LogP contribution in [0.3, 0.4) is 0 Å². The third-order valence-corrected chi connectivity index (χ3v) is 3.42. The molecule has 0 radical (unpaired) electrons. The number of imide groups is 1. The summed E-state index contributed by atoms with van der Waals surface area (Å²) in [4.78, 5) is 35.1. The Morgan fingerprint density at radius 1 is 1.26 bits per heavy atom. The second-order valence-corrected chi connectivity index (χ2v) is 4.86. The maximum atomic E-state index is 11.9. The van der Waals surface area contributed by atoms with Gasteiger partial charge in [-0.2, -0.15) is 0 Å². The SMILES string of the molecule is O=C([O-])CCN1C(=O)S/C(=C/c2ccccc2)C1=O. The average Bonchev–Trinajstić information content (AvgIpc) is 2.63. The summed E-state index contributed by atoms with van der Waals surface area (Å²) in [6, 6.07) is 9.13. The number of nitrogens with zero attached hydrogens (tertiary/aromatic N) is 1. The zero-order valence-electron chi connectivity index (χ0n) is 9.87. The largest absolute Gasteiger partial charge is 0.550 e. The molecule has 0 N–H and O–H groups in total. The number of rotatable bonds is 4. The summed E-state index contributed by atoms with van der Waals surface area (Å²) in [5.41, 5.74) is 0.813. The summed E-state index contributed by atoms with van der Waals surface area (Å²) >= 11 is 0.813. The first-order valence-electron chi connectivity index (χ1n) is 5.58. The Morgan fingerprint density at radius 3 is 2.58 bits per heavy atom. The zero-order chi connectivity index (χ0) is 13.8. The van der Waals surface area contributed by atoms with E-state index in [-0.39, 0.29) is 13.0 Å². The van der Waals surface area contributed by atoms with E-state index in [1.165, 1.54) is 0 Å². The van der Waals surface area contributed by atoms with E-state index in [9.17, 15) is 19.5 Å². The number of thioether (sulfide) groups is 1. The fourth-order valence-electron chi connectivity index (χ4n) is 1.60. The van der Waals surface area contributed by atoms with E-state index in [0.717, 1.165) is 22.2 Å². The average molecular weight is 276 g/mol. The highest BCUT2D eigenvalue weighted by Crippen LogP contribution is 2.32. The van der Waals surface area contributed by atoms with Gasteiger partial charge in [0, 0.05) is 18.9 Å². The van der Waals surface area contributed by atoms with E-state index >= 15 is 0 Å². The minimum absolute atomic E-state index is 0.154. The molecular formula is C13H10NO4S-. The van der Waals surface area contributed by atoms with Crippen LogP contribution in [0.25, 0.3) is 6.08 Å². The molecule has 0 bridgehead atoms. The van der Waals surface area contributed by atoms with Crippen molar-refractivity contribution in [2.45, 2.75) is 6.42 Å². The monoisotopic (exact) mass is 276 g/mol. The molecule has 2 amide bonds. The summed E-state index contributed by atoms with van der Waals surface area (Å²) in [5.74, 6) is -1.74. The number of hydrogen-bond acceptors (Lipinski definition) is 5. The molecule has 5 nitrogen and oxygen atoms in total. The van der Waals surface area contributed by atoms with Crippen molar-refractivity contribution in [1.82, 2.24) is 4.90 Å². The highest BCUT2D eigenvalue weighted by Gasteiger charge is 2.34. The molecule has 2 rings (SSSR count). The predicted molar refractivity (Wildman–Crippen MR) is 68.7 cm³/mol. The smallest absolute Gasteiger partial charge is 0.293 e. The van der Waals surface area contributed by atoms with Gasteiger partial charge in [-0.15, -0.1) is 0 Å². The molecule has 1 aliphatic rings. The molecule has 98 valence electrons. The number of carboxylic acids is 1. The van der Waals surface area contributed by atoms with Crippen molar-refractivity contribution in [3.8, 4) is 0 Å². The van der Waals surface area contributed by atoms with Gasteiger partial charge in [0.25, 0.3) is 11.1 Å². The van der Waals surface area contributed by atoms with Crippen molar-refractivity contribution in [1.29, 1.82) is 0 Å². The van der Waals surface area contributed by atoms with E-state index in [0.29, 0.717) is 4.91 Å². The molecule has 0 unspecified atom stereocenters.